The summed E-state index contributed by atoms with van der Waals surface area (Å²) in [5, 5.41) is 0. The van der Waals surface area contributed by atoms with Crippen molar-refractivity contribution in [3.8, 4) is 16.9 Å². The highest BCUT2D eigenvalue weighted by atomic mass is 80.0. The lowest BCUT2D eigenvalue weighted by molar-refractivity contribution is 0.316. The van der Waals surface area contributed by atoms with Crippen LogP contribution >= 0.6 is 45.9 Å². The summed E-state index contributed by atoms with van der Waals surface area (Å²) in [5.41, 5.74) is 3.54. The van der Waals surface area contributed by atoms with Gasteiger partial charge in [0, 0.05) is 5.56 Å². The van der Waals surface area contributed by atoms with Crippen LogP contribution in [-0.2, 0) is 0 Å². The summed E-state index contributed by atoms with van der Waals surface area (Å²) in [7, 11) is 0. The number of para-hydroxylation sites is 1. The molecule has 0 radical (unpaired) electrons. The van der Waals surface area contributed by atoms with Crippen molar-refractivity contribution in [2.45, 2.75) is 19.4 Å². The van der Waals surface area contributed by atoms with Crippen LogP contribution in [0.2, 0.25) is 6.04 Å². The highest BCUT2D eigenvalue weighted by Gasteiger charge is 2.21. The summed E-state index contributed by atoms with van der Waals surface area (Å²) in [6.45, 7) is 2.82. The Morgan fingerprint density at radius 1 is 0.952 bits per heavy atom. The third kappa shape index (κ3) is 5.55. The van der Waals surface area contributed by atoms with Gasteiger partial charge in [0.25, 0.3) is 3.93 Å². The molecule has 112 valence electrons. The van der Waals surface area contributed by atoms with Gasteiger partial charge in [0.15, 0.2) is 0 Å². The molecule has 0 heterocycles. The number of hydrogen-bond acceptors (Lipinski definition) is 1. The summed E-state index contributed by atoms with van der Waals surface area (Å²) >= 11 is 10.9. The van der Waals surface area contributed by atoms with E-state index in [0.29, 0.717) is 0 Å². The molecule has 0 atom stereocenters. The topological polar surface area (TPSA) is 9.23 Å². The normalized spacial score (nSPS) is 11.4. The second-order valence-electron chi connectivity index (χ2n) is 4.88. The second kappa shape index (κ2) is 7.95. The summed E-state index contributed by atoms with van der Waals surface area (Å²) in [6.07, 6.45) is 1.01. The van der Waals surface area contributed by atoms with Gasteiger partial charge in [0.2, 0.25) is 0 Å². The number of benzene rings is 2. The van der Waals surface area contributed by atoms with Gasteiger partial charge in [0.1, 0.15) is 5.75 Å². The van der Waals surface area contributed by atoms with Crippen LogP contribution in [0.1, 0.15) is 12.0 Å². The molecule has 2 aromatic rings. The minimum absolute atomic E-state index is 0.724. The summed E-state index contributed by atoms with van der Waals surface area (Å²) in [4.78, 5) is 0. The first-order valence-corrected chi connectivity index (χ1v) is 15.8. The standard InChI is InChI=1S/C16H17Br3OSi/c1-13-7-5-10-15(14-8-3-2-4-9-14)16(13)20-11-6-12-21(17,18)19/h2-5,7-10H,6,11-12H2,1H3. The monoisotopic (exact) mass is 490 g/mol. The van der Waals surface area contributed by atoms with Crippen molar-refractivity contribution in [2.24, 2.45) is 0 Å². The molecule has 0 amide bonds. The fourth-order valence-electron chi connectivity index (χ4n) is 2.14. The fourth-order valence-corrected chi connectivity index (χ4v) is 5.20. The minimum Gasteiger partial charge on any atom is -0.493 e. The lowest BCUT2D eigenvalue weighted by Gasteiger charge is -2.15. The molecule has 0 aromatic heterocycles. The second-order valence-corrected chi connectivity index (χ2v) is 28.4. The van der Waals surface area contributed by atoms with Gasteiger partial charge >= 0.3 is 0 Å². The van der Waals surface area contributed by atoms with Gasteiger partial charge in [-0.3, -0.25) is 0 Å². The van der Waals surface area contributed by atoms with Crippen molar-refractivity contribution >= 4 is 49.8 Å². The number of hydrogen-bond donors (Lipinski definition) is 0. The largest absolute Gasteiger partial charge is 0.493 e. The highest BCUT2D eigenvalue weighted by molar-refractivity contribution is 9.72. The maximum Gasteiger partial charge on any atom is 0.267 e. The Labute approximate surface area is 150 Å². The molecule has 0 unspecified atom stereocenters. The maximum atomic E-state index is 6.08. The molecule has 0 aliphatic heterocycles. The van der Waals surface area contributed by atoms with Crippen molar-refractivity contribution in [3.05, 3.63) is 54.1 Å². The van der Waals surface area contributed by atoms with Gasteiger partial charge in [0.05, 0.1) is 6.61 Å². The first-order chi connectivity index (χ1) is 9.97. The molecule has 0 N–H and O–H groups in total. The Morgan fingerprint density at radius 2 is 1.67 bits per heavy atom. The third-order valence-electron chi connectivity index (χ3n) is 3.15. The van der Waals surface area contributed by atoms with Crippen molar-refractivity contribution in [1.29, 1.82) is 0 Å². The number of ether oxygens (including phenoxy) is 1. The van der Waals surface area contributed by atoms with Gasteiger partial charge in [-0.1, -0.05) is 94.4 Å². The quantitative estimate of drug-likeness (QED) is 0.252. The van der Waals surface area contributed by atoms with Crippen molar-refractivity contribution in [1.82, 2.24) is 0 Å². The van der Waals surface area contributed by atoms with E-state index in [1.54, 1.807) is 0 Å². The Balaban J connectivity index is 2.12. The summed E-state index contributed by atoms with van der Waals surface area (Å²) < 4.78 is 4.55. The molecule has 0 bridgehead atoms. The van der Waals surface area contributed by atoms with Crippen LogP contribution in [0.3, 0.4) is 0 Å². The summed E-state index contributed by atoms with van der Waals surface area (Å²) in [6, 6.07) is 17.8. The Hall–Kier alpha value is -0.103. The minimum atomic E-state index is -1.53. The van der Waals surface area contributed by atoms with Gasteiger partial charge in [-0.2, -0.15) is 0 Å². The van der Waals surface area contributed by atoms with Crippen molar-refractivity contribution < 1.29 is 4.74 Å². The van der Waals surface area contributed by atoms with Crippen LogP contribution in [0.4, 0.5) is 0 Å². The van der Waals surface area contributed by atoms with E-state index < -0.39 is 3.93 Å². The third-order valence-corrected chi connectivity index (χ3v) is 7.64. The Kier molecular flexibility index (Phi) is 6.53. The molecular weight excluding hydrogens is 476 g/mol. The van der Waals surface area contributed by atoms with E-state index in [9.17, 15) is 0 Å². The molecule has 5 heteroatoms. The number of aryl methyl sites for hydroxylation is 1. The van der Waals surface area contributed by atoms with Crippen LogP contribution in [-0.4, -0.2) is 10.5 Å². The Bertz CT molecular complexity index is 582. The Morgan fingerprint density at radius 3 is 2.33 bits per heavy atom. The zero-order valence-corrected chi connectivity index (χ0v) is 17.5. The van der Waals surface area contributed by atoms with E-state index >= 15 is 0 Å². The van der Waals surface area contributed by atoms with E-state index in [2.05, 4.69) is 95.3 Å². The zero-order chi connectivity index (χ0) is 15.3. The predicted octanol–water partition coefficient (Wildman–Crippen LogP) is 6.55. The molecule has 0 aliphatic rings. The first kappa shape index (κ1) is 17.3. The molecule has 0 fully saturated rings. The van der Waals surface area contributed by atoms with E-state index in [4.69, 9.17) is 4.74 Å². The zero-order valence-electron chi connectivity index (χ0n) is 11.8. The highest BCUT2D eigenvalue weighted by Crippen LogP contribution is 2.35. The van der Waals surface area contributed by atoms with Crippen molar-refractivity contribution in [3.63, 3.8) is 0 Å². The molecule has 0 saturated carbocycles. The molecule has 1 nitrogen and oxygen atoms in total. The number of halogens is 3. The molecule has 0 spiro atoms. The van der Waals surface area contributed by atoms with Gasteiger partial charge in [-0.15, -0.1) is 0 Å². The average Bonchev–Trinajstić information content (AvgIpc) is 2.44. The molecule has 2 aromatic carbocycles. The maximum absolute atomic E-state index is 6.08. The van der Waals surface area contributed by atoms with E-state index in [1.165, 1.54) is 11.1 Å². The van der Waals surface area contributed by atoms with Crippen LogP contribution in [0.15, 0.2) is 48.5 Å². The predicted molar refractivity (Wildman–Crippen MR) is 104 cm³/mol. The molecular formula is C16H17Br3OSi. The SMILES string of the molecule is Cc1cccc(-c2ccccc2)c1OCCC[Si](Br)(Br)Br. The van der Waals surface area contributed by atoms with Gasteiger partial charge < -0.3 is 4.74 Å². The van der Waals surface area contributed by atoms with Crippen LogP contribution in [0.5, 0.6) is 5.75 Å². The lowest BCUT2D eigenvalue weighted by Crippen LogP contribution is -2.09. The average molecular weight is 493 g/mol. The molecule has 0 aliphatic carbocycles. The summed E-state index contributed by atoms with van der Waals surface area (Å²) in [5.74, 6) is 0.995. The molecule has 21 heavy (non-hydrogen) atoms. The van der Waals surface area contributed by atoms with Gasteiger partial charge in [-0.25, -0.2) is 0 Å². The van der Waals surface area contributed by atoms with E-state index in [0.717, 1.165) is 30.4 Å². The molecule has 2 rings (SSSR count). The van der Waals surface area contributed by atoms with Crippen LogP contribution in [0.25, 0.3) is 11.1 Å². The van der Waals surface area contributed by atoms with Crippen LogP contribution < -0.4 is 4.74 Å². The number of rotatable bonds is 6. The van der Waals surface area contributed by atoms with Crippen molar-refractivity contribution in [2.75, 3.05) is 6.61 Å². The van der Waals surface area contributed by atoms with Gasteiger partial charge in [-0.05, 0) is 30.5 Å². The smallest absolute Gasteiger partial charge is 0.267 e. The fraction of sp³-hybridized carbons (Fsp3) is 0.250. The van der Waals surface area contributed by atoms with Crippen LogP contribution in [0, 0.1) is 6.92 Å². The lowest BCUT2D eigenvalue weighted by atomic mass is 10.0. The first-order valence-electron chi connectivity index (χ1n) is 6.82. The van der Waals surface area contributed by atoms with E-state index in [1.807, 2.05) is 6.07 Å². The molecule has 0 saturated heterocycles. The van der Waals surface area contributed by atoms with E-state index in [-0.39, 0.29) is 0 Å².